The van der Waals surface area contributed by atoms with Crippen LogP contribution in [0.3, 0.4) is 0 Å². The minimum Gasteiger partial charge on any atom is -0.493 e. The summed E-state index contributed by atoms with van der Waals surface area (Å²) >= 11 is 6.04. The fourth-order valence-electron chi connectivity index (χ4n) is 2.33. The number of methoxy groups -OCH3 is 2. The highest BCUT2D eigenvalue weighted by atomic mass is 35.5. The molecule has 0 spiro atoms. The highest BCUT2D eigenvalue weighted by Crippen LogP contribution is 2.34. The monoisotopic (exact) mass is 289 g/mol. The molecule has 1 N–H and O–H groups in total. The Balaban J connectivity index is 2.52. The van der Waals surface area contributed by atoms with Crippen molar-refractivity contribution in [1.29, 1.82) is 0 Å². The SMILES string of the molecule is COc1cc2[nH]c(=O)c3ccc(Cl)cc3c2cc1OC. The number of rotatable bonds is 2. The van der Waals surface area contributed by atoms with E-state index in [4.69, 9.17) is 21.1 Å². The molecule has 20 heavy (non-hydrogen) atoms. The van der Waals surface area contributed by atoms with Crippen molar-refractivity contribution in [3.8, 4) is 11.5 Å². The van der Waals surface area contributed by atoms with E-state index in [0.29, 0.717) is 27.4 Å². The molecule has 3 aromatic rings. The molecule has 102 valence electrons. The van der Waals surface area contributed by atoms with Gasteiger partial charge in [-0.3, -0.25) is 4.79 Å². The Kier molecular flexibility index (Phi) is 3.03. The van der Waals surface area contributed by atoms with Crippen molar-refractivity contribution in [2.24, 2.45) is 0 Å². The molecule has 1 aromatic heterocycles. The zero-order chi connectivity index (χ0) is 14.3. The summed E-state index contributed by atoms with van der Waals surface area (Å²) in [4.78, 5) is 14.9. The quantitative estimate of drug-likeness (QED) is 0.736. The average molecular weight is 290 g/mol. The number of aromatic nitrogens is 1. The first-order valence-corrected chi connectivity index (χ1v) is 6.39. The predicted octanol–water partition coefficient (Wildman–Crippen LogP) is 3.35. The van der Waals surface area contributed by atoms with Crippen molar-refractivity contribution in [3.05, 3.63) is 45.7 Å². The number of benzene rings is 2. The summed E-state index contributed by atoms with van der Waals surface area (Å²) in [5.74, 6) is 1.17. The summed E-state index contributed by atoms with van der Waals surface area (Å²) < 4.78 is 10.6. The average Bonchev–Trinajstić information content (AvgIpc) is 2.46. The lowest BCUT2D eigenvalue weighted by molar-refractivity contribution is 0.356. The maximum Gasteiger partial charge on any atom is 0.256 e. The first-order chi connectivity index (χ1) is 9.63. The molecule has 0 unspecified atom stereocenters. The van der Waals surface area contributed by atoms with Crippen LogP contribution in [0.15, 0.2) is 35.1 Å². The van der Waals surface area contributed by atoms with Gasteiger partial charge in [-0.25, -0.2) is 0 Å². The smallest absolute Gasteiger partial charge is 0.256 e. The van der Waals surface area contributed by atoms with Crippen LogP contribution in [0.4, 0.5) is 0 Å². The van der Waals surface area contributed by atoms with Gasteiger partial charge in [0.25, 0.3) is 5.56 Å². The molecule has 5 heteroatoms. The minimum absolute atomic E-state index is 0.156. The molecule has 0 atom stereocenters. The Bertz CT molecular complexity index is 870. The number of fused-ring (bicyclic) bond motifs is 3. The van der Waals surface area contributed by atoms with E-state index < -0.39 is 0 Å². The molecule has 0 aliphatic carbocycles. The van der Waals surface area contributed by atoms with Crippen LogP contribution < -0.4 is 15.0 Å². The lowest BCUT2D eigenvalue weighted by Crippen LogP contribution is -2.06. The lowest BCUT2D eigenvalue weighted by atomic mass is 10.1. The Morgan fingerprint density at radius 1 is 0.950 bits per heavy atom. The number of ether oxygens (including phenoxy) is 2. The molecule has 0 saturated carbocycles. The third-order valence-electron chi connectivity index (χ3n) is 3.29. The van der Waals surface area contributed by atoms with Crippen LogP contribution in [0.5, 0.6) is 11.5 Å². The van der Waals surface area contributed by atoms with Crippen molar-refractivity contribution in [2.45, 2.75) is 0 Å². The number of pyridine rings is 1. The summed E-state index contributed by atoms with van der Waals surface area (Å²) in [6.45, 7) is 0. The fourth-order valence-corrected chi connectivity index (χ4v) is 2.50. The van der Waals surface area contributed by atoms with E-state index in [1.165, 1.54) is 0 Å². The summed E-state index contributed by atoms with van der Waals surface area (Å²) in [5, 5.41) is 2.82. The van der Waals surface area contributed by atoms with Crippen molar-refractivity contribution in [2.75, 3.05) is 14.2 Å². The first-order valence-electron chi connectivity index (χ1n) is 6.01. The van der Waals surface area contributed by atoms with Crippen LogP contribution in [0.25, 0.3) is 21.7 Å². The second-order valence-electron chi connectivity index (χ2n) is 4.40. The number of H-pyrrole nitrogens is 1. The lowest BCUT2D eigenvalue weighted by Gasteiger charge is -2.10. The number of hydrogen-bond donors (Lipinski definition) is 1. The molecule has 0 radical (unpaired) electrons. The van der Waals surface area contributed by atoms with E-state index in [2.05, 4.69) is 4.98 Å². The summed E-state index contributed by atoms with van der Waals surface area (Å²) in [7, 11) is 3.13. The second-order valence-corrected chi connectivity index (χ2v) is 4.83. The standard InChI is InChI=1S/C15H12ClNO3/c1-19-13-6-11-10-5-8(16)3-4-9(10)15(18)17-12(11)7-14(13)20-2/h3-7H,1-2H3,(H,17,18). The van der Waals surface area contributed by atoms with E-state index in [0.717, 1.165) is 10.8 Å². The van der Waals surface area contributed by atoms with Crippen LogP contribution >= 0.6 is 11.6 Å². The molecule has 3 rings (SSSR count). The third kappa shape index (κ3) is 1.89. The van der Waals surface area contributed by atoms with E-state index >= 15 is 0 Å². The molecule has 2 aromatic carbocycles. The molecule has 0 saturated heterocycles. The number of hydrogen-bond acceptors (Lipinski definition) is 3. The Morgan fingerprint density at radius 3 is 2.35 bits per heavy atom. The van der Waals surface area contributed by atoms with Gasteiger partial charge in [-0.15, -0.1) is 0 Å². The summed E-state index contributed by atoms with van der Waals surface area (Å²) in [5.41, 5.74) is 0.527. The largest absolute Gasteiger partial charge is 0.493 e. The zero-order valence-corrected chi connectivity index (χ0v) is 11.7. The van der Waals surface area contributed by atoms with Crippen LogP contribution in [0.1, 0.15) is 0 Å². The molecule has 0 aliphatic rings. The fraction of sp³-hybridized carbons (Fsp3) is 0.133. The molecular formula is C15H12ClNO3. The van der Waals surface area contributed by atoms with Crippen molar-refractivity contribution in [3.63, 3.8) is 0 Å². The van der Waals surface area contributed by atoms with Gasteiger partial charge < -0.3 is 14.5 Å². The van der Waals surface area contributed by atoms with Crippen LogP contribution in [0.2, 0.25) is 5.02 Å². The van der Waals surface area contributed by atoms with E-state index in [1.54, 1.807) is 38.5 Å². The highest BCUT2D eigenvalue weighted by molar-refractivity contribution is 6.31. The molecule has 4 nitrogen and oxygen atoms in total. The molecule has 0 amide bonds. The van der Waals surface area contributed by atoms with Gasteiger partial charge in [0, 0.05) is 21.9 Å². The second kappa shape index (κ2) is 4.72. The van der Waals surface area contributed by atoms with Gasteiger partial charge in [-0.2, -0.15) is 0 Å². The van der Waals surface area contributed by atoms with Gasteiger partial charge in [0.2, 0.25) is 0 Å². The highest BCUT2D eigenvalue weighted by Gasteiger charge is 2.11. The van der Waals surface area contributed by atoms with E-state index in [-0.39, 0.29) is 5.56 Å². The first kappa shape index (κ1) is 12.8. The molecule has 0 aliphatic heterocycles. The number of aromatic amines is 1. The van der Waals surface area contributed by atoms with Crippen LogP contribution in [-0.2, 0) is 0 Å². The summed E-state index contributed by atoms with van der Waals surface area (Å²) in [6.07, 6.45) is 0. The van der Waals surface area contributed by atoms with Crippen molar-refractivity contribution < 1.29 is 9.47 Å². The number of halogens is 1. The van der Waals surface area contributed by atoms with Gasteiger partial charge in [-0.05, 0) is 29.7 Å². The van der Waals surface area contributed by atoms with Crippen molar-refractivity contribution in [1.82, 2.24) is 4.98 Å². The van der Waals surface area contributed by atoms with Gasteiger partial charge in [0.05, 0.1) is 19.7 Å². The molecule has 1 heterocycles. The normalized spacial score (nSPS) is 10.9. The van der Waals surface area contributed by atoms with Crippen molar-refractivity contribution >= 4 is 33.3 Å². The van der Waals surface area contributed by atoms with Crippen LogP contribution in [0, 0.1) is 0 Å². The summed E-state index contributed by atoms with van der Waals surface area (Å²) in [6, 6.07) is 8.78. The van der Waals surface area contributed by atoms with E-state index in [9.17, 15) is 4.79 Å². The maximum atomic E-state index is 12.1. The predicted molar refractivity (Wildman–Crippen MR) is 80.2 cm³/mol. The zero-order valence-electron chi connectivity index (χ0n) is 11.0. The topological polar surface area (TPSA) is 51.3 Å². The molecular weight excluding hydrogens is 278 g/mol. The Morgan fingerprint density at radius 2 is 1.65 bits per heavy atom. The maximum absolute atomic E-state index is 12.1. The third-order valence-corrected chi connectivity index (χ3v) is 3.52. The minimum atomic E-state index is -0.156. The van der Waals surface area contributed by atoms with Gasteiger partial charge >= 0.3 is 0 Å². The van der Waals surface area contributed by atoms with Gasteiger partial charge in [0.1, 0.15) is 0 Å². The van der Waals surface area contributed by atoms with Gasteiger partial charge in [0.15, 0.2) is 11.5 Å². The van der Waals surface area contributed by atoms with Crippen LogP contribution in [-0.4, -0.2) is 19.2 Å². The Labute approximate surface area is 119 Å². The molecule has 0 fully saturated rings. The van der Waals surface area contributed by atoms with E-state index in [1.807, 2.05) is 6.07 Å². The molecule has 0 bridgehead atoms. The van der Waals surface area contributed by atoms with Gasteiger partial charge in [-0.1, -0.05) is 11.6 Å². The number of nitrogens with one attached hydrogen (secondary N) is 1. The Hall–Kier alpha value is -2.20.